The van der Waals surface area contributed by atoms with Gasteiger partial charge >= 0.3 is 5.97 Å². The van der Waals surface area contributed by atoms with Crippen LogP contribution < -0.4 is 5.32 Å². The van der Waals surface area contributed by atoms with Crippen LogP contribution in [0.5, 0.6) is 0 Å². The highest BCUT2D eigenvalue weighted by Crippen LogP contribution is 2.03. The molecular formula is C8H13NO5. The molecule has 80 valence electrons. The Hall–Kier alpha value is -1.43. The van der Waals surface area contributed by atoms with E-state index in [1.807, 2.05) is 0 Å². The summed E-state index contributed by atoms with van der Waals surface area (Å²) in [7, 11) is 1.53. The van der Waals surface area contributed by atoms with E-state index < -0.39 is 18.1 Å². The van der Waals surface area contributed by atoms with Crippen LogP contribution in [0.4, 0.5) is 0 Å². The van der Waals surface area contributed by atoms with Gasteiger partial charge in [0.05, 0.1) is 6.04 Å². The van der Waals surface area contributed by atoms with Gasteiger partial charge in [0.2, 0.25) is 0 Å². The molecule has 0 aromatic rings. The van der Waals surface area contributed by atoms with Crippen molar-refractivity contribution in [2.24, 2.45) is 0 Å². The first-order chi connectivity index (χ1) is 6.52. The lowest BCUT2D eigenvalue weighted by molar-refractivity contribution is -0.157. The van der Waals surface area contributed by atoms with Crippen LogP contribution in [0.2, 0.25) is 0 Å². The zero-order chi connectivity index (χ0) is 11.1. The molecule has 0 heterocycles. The second kappa shape index (κ2) is 6.09. The Labute approximate surface area is 81.2 Å². The van der Waals surface area contributed by atoms with Crippen molar-refractivity contribution < 1.29 is 24.2 Å². The number of carboxylic acid groups (broad SMARTS) is 1. The molecule has 14 heavy (non-hydrogen) atoms. The molecule has 0 spiro atoms. The largest absolute Gasteiger partial charge is 0.479 e. The fourth-order valence-corrected chi connectivity index (χ4v) is 0.983. The Morgan fingerprint density at radius 3 is 2.43 bits per heavy atom. The van der Waals surface area contributed by atoms with Gasteiger partial charge in [-0.2, -0.15) is 0 Å². The molecular weight excluding hydrogens is 190 g/mol. The van der Waals surface area contributed by atoms with Gasteiger partial charge in [-0.15, -0.1) is 0 Å². The van der Waals surface area contributed by atoms with E-state index in [4.69, 9.17) is 5.11 Å². The molecule has 0 aliphatic heterocycles. The van der Waals surface area contributed by atoms with Crippen molar-refractivity contribution in [1.82, 2.24) is 5.32 Å². The number of carbonyl (C=O) groups excluding carboxylic acids is 2. The number of nitrogens with one attached hydrogen (secondary N) is 1. The number of hydrogen-bond donors (Lipinski definition) is 2. The minimum Gasteiger partial charge on any atom is -0.479 e. The molecule has 6 heteroatoms. The topological polar surface area (TPSA) is 92.7 Å². The van der Waals surface area contributed by atoms with Gasteiger partial charge in [-0.25, -0.2) is 4.79 Å². The summed E-state index contributed by atoms with van der Waals surface area (Å²) in [5, 5.41) is 11.2. The van der Waals surface area contributed by atoms with Crippen molar-refractivity contribution in [3.05, 3.63) is 0 Å². The molecule has 0 amide bonds. The molecule has 0 saturated carbocycles. The van der Waals surface area contributed by atoms with Crippen LogP contribution in [0, 0.1) is 0 Å². The van der Waals surface area contributed by atoms with Crippen molar-refractivity contribution in [3.8, 4) is 0 Å². The van der Waals surface area contributed by atoms with E-state index in [-0.39, 0.29) is 18.7 Å². The van der Waals surface area contributed by atoms with Gasteiger partial charge in [-0.05, 0) is 14.0 Å². The molecule has 2 N–H and O–H groups in total. The Kier molecular flexibility index (Phi) is 5.47. The smallest absolute Gasteiger partial charge is 0.345 e. The van der Waals surface area contributed by atoms with Gasteiger partial charge in [0.1, 0.15) is 5.78 Å². The summed E-state index contributed by atoms with van der Waals surface area (Å²) < 4.78 is 4.31. The first-order valence-electron chi connectivity index (χ1n) is 4.02. The highest BCUT2D eigenvalue weighted by Gasteiger charge is 2.25. The molecule has 0 radical (unpaired) electrons. The first kappa shape index (κ1) is 12.6. The third-order valence-corrected chi connectivity index (χ3v) is 1.78. The number of ketones is 1. The maximum absolute atomic E-state index is 10.9. The second-order valence-corrected chi connectivity index (χ2v) is 2.75. The lowest BCUT2D eigenvalue weighted by atomic mass is 10.1. The molecule has 0 aromatic carbocycles. The molecule has 0 rings (SSSR count). The maximum atomic E-state index is 10.9. The second-order valence-electron chi connectivity index (χ2n) is 2.75. The number of likely N-dealkylation sites (N-methyl/N-ethyl adjacent to an activating group) is 1. The zero-order valence-corrected chi connectivity index (χ0v) is 8.02. The summed E-state index contributed by atoms with van der Waals surface area (Å²) in [5.41, 5.74) is 0. The van der Waals surface area contributed by atoms with Gasteiger partial charge in [0.25, 0.3) is 6.47 Å². The van der Waals surface area contributed by atoms with E-state index in [1.165, 1.54) is 14.0 Å². The van der Waals surface area contributed by atoms with Crippen LogP contribution in [0.3, 0.4) is 0 Å². The molecule has 0 bridgehead atoms. The van der Waals surface area contributed by atoms with E-state index in [1.54, 1.807) is 0 Å². The van der Waals surface area contributed by atoms with Crippen LogP contribution >= 0.6 is 0 Å². The summed E-state index contributed by atoms with van der Waals surface area (Å²) in [6, 6.07) is -0.615. The Bertz CT molecular complexity index is 228. The standard InChI is InChI=1S/C8H13NO5/c1-5(11)6(9-2)3-7(8(12)13)14-4-10/h4,6-7,9H,3H2,1-2H3,(H,12,13)/t6-,7?/m0/s1. The summed E-state index contributed by atoms with van der Waals surface area (Å²) >= 11 is 0. The van der Waals surface area contributed by atoms with Gasteiger partial charge in [-0.1, -0.05) is 0 Å². The first-order valence-corrected chi connectivity index (χ1v) is 4.02. The minimum atomic E-state index is -1.28. The van der Waals surface area contributed by atoms with E-state index in [0.29, 0.717) is 0 Å². The number of rotatable bonds is 7. The minimum absolute atomic E-state index is 0.0612. The highest BCUT2D eigenvalue weighted by atomic mass is 16.5. The SMILES string of the molecule is CN[C@@H](CC(OC=O)C(=O)O)C(C)=O. The predicted octanol–water partition coefficient (Wildman–Crippen LogP) is -0.820. The lowest BCUT2D eigenvalue weighted by Gasteiger charge is -2.16. The summed E-state index contributed by atoms with van der Waals surface area (Å²) in [6.07, 6.45) is -1.35. The van der Waals surface area contributed by atoms with Gasteiger partial charge in [0.15, 0.2) is 6.10 Å². The van der Waals surface area contributed by atoms with Crippen molar-refractivity contribution in [2.75, 3.05) is 7.05 Å². The number of carbonyl (C=O) groups is 3. The predicted molar refractivity (Wildman–Crippen MR) is 46.7 cm³/mol. The number of carboxylic acids is 1. The van der Waals surface area contributed by atoms with Crippen LogP contribution in [-0.4, -0.2) is 42.5 Å². The van der Waals surface area contributed by atoms with Crippen molar-refractivity contribution in [2.45, 2.75) is 25.5 Å². The molecule has 0 aliphatic carbocycles. The molecule has 0 aliphatic rings. The van der Waals surface area contributed by atoms with Crippen molar-refractivity contribution >= 4 is 18.2 Å². The lowest BCUT2D eigenvalue weighted by Crippen LogP contribution is -2.39. The van der Waals surface area contributed by atoms with E-state index in [2.05, 4.69) is 10.1 Å². The number of hydrogen-bond acceptors (Lipinski definition) is 5. The maximum Gasteiger partial charge on any atom is 0.345 e. The normalized spacial score (nSPS) is 14.1. The fraction of sp³-hybridized carbons (Fsp3) is 0.625. The molecule has 0 saturated heterocycles. The quantitative estimate of drug-likeness (QED) is 0.525. The van der Waals surface area contributed by atoms with Crippen LogP contribution in [0.25, 0.3) is 0 Å². The van der Waals surface area contributed by atoms with Gasteiger partial charge in [0, 0.05) is 6.42 Å². The third kappa shape index (κ3) is 3.99. The van der Waals surface area contributed by atoms with Crippen LogP contribution in [0.1, 0.15) is 13.3 Å². The monoisotopic (exact) mass is 203 g/mol. The van der Waals surface area contributed by atoms with Crippen molar-refractivity contribution in [1.29, 1.82) is 0 Å². The average molecular weight is 203 g/mol. The highest BCUT2D eigenvalue weighted by molar-refractivity contribution is 5.83. The summed E-state index contributed by atoms with van der Waals surface area (Å²) in [6.45, 7) is 1.40. The zero-order valence-electron chi connectivity index (χ0n) is 8.02. The van der Waals surface area contributed by atoms with Gasteiger partial charge in [-0.3, -0.25) is 9.59 Å². The average Bonchev–Trinajstić information content (AvgIpc) is 2.11. The molecule has 1 unspecified atom stereocenters. The Balaban J connectivity index is 4.32. The Morgan fingerprint density at radius 2 is 2.14 bits per heavy atom. The summed E-state index contributed by atoms with van der Waals surface area (Å²) in [5.74, 6) is -1.47. The number of Topliss-reactive ketones (excluding diaryl/α,β-unsaturated/α-hetero) is 1. The van der Waals surface area contributed by atoms with E-state index in [9.17, 15) is 14.4 Å². The number of ether oxygens (including phenoxy) is 1. The van der Waals surface area contributed by atoms with E-state index in [0.717, 1.165) is 0 Å². The van der Waals surface area contributed by atoms with Crippen LogP contribution in [0.15, 0.2) is 0 Å². The van der Waals surface area contributed by atoms with Gasteiger partial charge < -0.3 is 15.2 Å². The molecule has 0 fully saturated rings. The third-order valence-electron chi connectivity index (χ3n) is 1.78. The van der Waals surface area contributed by atoms with E-state index >= 15 is 0 Å². The summed E-state index contributed by atoms with van der Waals surface area (Å²) in [4.78, 5) is 31.4. The Morgan fingerprint density at radius 1 is 1.57 bits per heavy atom. The molecule has 6 nitrogen and oxygen atoms in total. The molecule has 0 aromatic heterocycles. The molecule has 2 atom stereocenters. The van der Waals surface area contributed by atoms with Crippen LogP contribution in [-0.2, 0) is 19.1 Å². The number of aliphatic carboxylic acids is 1. The fourth-order valence-electron chi connectivity index (χ4n) is 0.983. The van der Waals surface area contributed by atoms with Crippen molar-refractivity contribution in [3.63, 3.8) is 0 Å².